The van der Waals surface area contributed by atoms with Gasteiger partial charge in [-0.1, -0.05) is 152 Å². The van der Waals surface area contributed by atoms with E-state index in [4.69, 9.17) is 0 Å². The zero-order valence-electron chi connectivity index (χ0n) is 19.1. The molecule has 0 amide bonds. The average molecular weight is 470 g/mol. The van der Waals surface area contributed by atoms with Crippen molar-refractivity contribution in [2.75, 3.05) is 0 Å². The summed E-state index contributed by atoms with van der Waals surface area (Å²) in [5.74, 6) is 0. The van der Waals surface area contributed by atoms with Gasteiger partial charge in [-0.25, -0.2) is 0 Å². The summed E-state index contributed by atoms with van der Waals surface area (Å²) in [6, 6.07) is 55.4. The molecule has 0 atom stereocenters. The van der Waals surface area contributed by atoms with Gasteiger partial charge < -0.3 is 4.23 Å². The van der Waals surface area contributed by atoms with Crippen molar-refractivity contribution < 1.29 is 0 Å². The molecule has 0 heterocycles. The Morgan fingerprint density at radius 1 is 0.353 bits per heavy atom. The minimum atomic E-state index is -1.25. The highest BCUT2D eigenvalue weighted by Gasteiger charge is 2.34. The van der Waals surface area contributed by atoms with E-state index in [1.165, 1.54) is 26.3 Å². The lowest BCUT2D eigenvalue weighted by Gasteiger charge is -2.37. The van der Waals surface area contributed by atoms with Crippen LogP contribution in [0.25, 0.3) is 0 Å². The fourth-order valence-electron chi connectivity index (χ4n) is 4.38. The third kappa shape index (κ3) is 5.18. The number of hydrogen-bond acceptors (Lipinski definition) is 1. The summed E-state index contributed by atoms with van der Waals surface area (Å²) in [6.07, 6.45) is 0. The smallest absolute Gasteiger partial charge is 0.202 e. The average Bonchev–Trinajstić information content (AvgIpc) is 2.92. The van der Waals surface area contributed by atoms with Crippen LogP contribution in [-0.4, -0.2) is 22.1 Å². The summed E-state index contributed by atoms with van der Waals surface area (Å²) < 4.78 is 2.85. The maximum Gasteiger partial charge on any atom is 0.202 e. The molecule has 0 aliphatic heterocycles. The molecule has 0 saturated heterocycles. The molecule has 0 aliphatic rings. The van der Waals surface area contributed by atoms with Gasteiger partial charge in [0.05, 0.1) is 0 Å². The van der Waals surface area contributed by atoms with E-state index in [0.717, 1.165) is 6.54 Å². The van der Waals surface area contributed by atoms with E-state index in [-0.39, 0.29) is 0 Å². The molecular weight excluding hydrogens is 443 g/mol. The molecule has 2 radical (unpaired) electrons. The fraction of sp³-hybridized carbons (Fsp3) is 0.0323. The van der Waals surface area contributed by atoms with E-state index in [0.29, 0.717) is 0 Å². The van der Waals surface area contributed by atoms with E-state index in [1.807, 2.05) is 0 Å². The topological polar surface area (TPSA) is 3.24 Å². The molecule has 0 bridgehead atoms. The highest BCUT2D eigenvalue weighted by Crippen LogP contribution is 2.12. The van der Waals surface area contributed by atoms with E-state index in [9.17, 15) is 0 Å². The van der Waals surface area contributed by atoms with Crippen molar-refractivity contribution in [2.24, 2.45) is 0 Å². The standard InChI is InChI=1S/C31H27NSi2/c1-6-16-27(17-7-1)26-32(33(28-18-8-2-9-19-28)29-20-10-3-11-21-29)34(30-22-12-4-13-23-30)31-24-14-5-15-25-31/h1-25H,26H2. The molecule has 5 aromatic carbocycles. The maximum atomic E-state index is 2.85. The third-order valence-electron chi connectivity index (χ3n) is 5.91. The Kier molecular flexibility index (Phi) is 7.26. The Morgan fingerprint density at radius 3 is 0.912 bits per heavy atom. The van der Waals surface area contributed by atoms with Crippen molar-refractivity contribution in [3.63, 3.8) is 0 Å². The monoisotopic (exact) mass is 469 g/mol. The van der Waals surface area contributed by atoms with Crippen LogP contribution in [-0.2, 0) is 6.54 Å². The van der Waals surface area contributed by atoms with Gasteiger partial charge in [0, 0.05) is 6.54 Å². The first kappa shape index (κ1) is 22.3. The molecule has 164 valence electrons. The van der Waals surface area contributed by atoms with Crippen LogP contribution in [0.1, 0.15) is 5.56 Å². The summed E-state index contributed by atoms with van der Waals surface area (Å²) in [5, 5.41) is 5.68. The zero-order chi connectivity index (χ0) is 23.0. The molecule has 0 spiro atoms. The second-order valence-electron chi connectivity index (χ2n) is 8.23. The van der Waals surface area contributed by atoms with E-state index in [2.05, 4.69) is 156 Å². The predicted molar refractivity (Wildman–Crippen MR) is 148 cm³/mol. The Labute approximate surface area is 206 Å². The molecule has 5 rings (SSSR count). The summed E-state index contributed by atoms with van der Waals surface area (Å²) in [5.41, 5.74) is 1.35. The Balaban J connectivity index is 1.73. The molecule has 1 nitrogen and oxygen atoms in total. The SMILES string of the molecule is c1ccc(CN([Si](c2ccccc2)c2ccccc2)[Si](c2ccccc2)c2ccccc2)cc1. The molecule has 0 unspecified atom stereocenters. The van der Waals surface area contributed by atoms with Gasteiger partial charge in [0.25, 0.3) is 0 Å². The van der Waals surface area contributed by atoms with Gasteiger partial charge in [0.1, 0.15) is 0 Å². The first-order valence-corrected chi connectivity index (χ1v) is 14.6. The third-order valence-corrected chi connectivity index (χ3v) is 12.2. The van der Waals surface area contributed by atoms with Gasteiger partial charge in [0.15, 0.2) is 0 Å². The molecule has 0 saturated carbocycles. The van der Waals surface area contributed by atoms with E-state index >= 15 is 0 Å². The van der Waals surface area contributed by atoms with Crippen LogP contribution < -0.4 is 20.7 Å². The van der Waals surface area contributed by atoms with Gasteiger partial charge in [-0.05, 0) is 26.3 Å². The highest BCUT2D eigenvalue weighted by molar-refractivity contribution is 6.96. The minimum Gasteiger partial charge on any atom is -0.328 e. The van der Waals surface area contributed by atoms with Gasteiger partial charge in [0.2, 0.25) is 17.9 Å². The predicted octanol–water partition coefficient (Wildman–Crippen LogP) is 4.10. The lowest BCUT2D eigenvalue weighted by Crippen LogP contribution is -2.67. The summed E-state index contributed by atoms with van der Waals surface area (Å²) >= 11 is 0. The molecule has 5 aromatic rings. The molecule has 34 heavy (non-hydrogen) atoms. The summed E-state index contributed by atoms with van der Waals surface area (Å²) in [6.45, 7) is 0.914. The maximum absolute atomic E-state index is 2.85. The highest BCUT2D eigenvalue weighted by atomic mass is 28.4. The first-order chi connectivity index (χ1) is 16.9. The molecule has 0 fully saturated rings. The molecule has 3 heteroatoms. The van der Waals surface area contributed by atoms with Crippen molar-refractivity contribution in [3.05, 3.63) is 157 Å². The number of nitrogens with zero attached hydrogens (tertiary/aromatic N) is 1. The van der Waals surface area contributed by atoms with Crippen LogP contribution in [0, 0.1) is 0 Å². The van der Waals surface area contributed by atoms with Crippen LogP contribution in [0.3, 0.4) is 0 Å². The van der Waals surface area contributed by atoms with Crippen molar-refractivity contribution in [3.8, 4) is 0 Å². The van der Waals surface area contributed by atoms with Gasteiger partial charge >= 0.3 is 0 Å². The first-order valence-electron chi connectivity index (χ1n) is 11.7. The van der Waals surface area contributed by atoms with Gasteiger partial charge in [-0.3, -0.25) is 0 Å². The zero-order valence-corrected chi connectivity index (χ0v) is 21.1. The van der Waals surface area contributed by atoms with E-state index in [1.54, 1.807) is 0 Å². The van der Waals surface area contributed by atoms with Gasteiger partial charge in [-0.15, -0.1) is 0 Å². The lowest BCUT2D eigenvalue weighted by molar-refractivity contribution is 0.663. The second kappa shape index (κ2) is 11.1. The van der Waals surface area contributed by atoms with Crippen LogP contribution >= 0.6 is 0 Å². The van der Waals surface area contributed by atoms with E-state index < -0.39 is 17.9 Å². The van der Waals surface area contributed by atoms with Gasteiger partial charge in [-0.2, -0.15) is 0 Å². The normalized spacial score (nSPS) is 11.3. The van der Waals surface area contributed by atoms with Crippen molar-refractivity contribution in [1.82, 2.24) is 4.23 Å². The van der Waals surface area contributed by atoms with Crippen LogP contribution in [0.4, 0.5) is 0 Å². The summed E-state index contributed by atoms with van der Waals surface area (Å²) in [7, 11) is -2.50. The minimum absolute atomic E-state index is 0.914. The molecule has 0 aromatic heterocycles. The van der Waals surface area contributed by atoms with Crippen molar-refractivity contribution in [1.29, 1.82) is 0 Å². The summed E-state index contributed by atoms with van der Waals surface area (Å²) in [4.78, 5) is 0. The Morgan fingerprint density at radius 2 is 0.618 bits per heavy atom. The Bertz CT molecular complexity index is 1100. The van der Waals surface area contributed by atoms with Crippen molar-refractivity contribution in [2.45, 2.75) is 6.54 Å². The largest absolute Gasteiger partial charge is 0.328 e. The fourth-order valence-corrected chi connectivity index (χ4v) is 11.4. The Hall–Kier alpha value is -3.51. The number of benzene rings is 5. The van der Waals surface area contributed by atoms with Crippen LogP contribution in [0.15, 0.2) is 152 Å². The number of hydrogen-bond donors (Lipinski definition) is 0. The number of rotatable bonds is 8. The van der Waals surface area contributed by atoms with Crippen molar-refractivity contribution >= 4 is 38.7 Å². The second-order valence-corrected chi connectivity index (χ2v) is 13.5. The van der Waals surface area contributed by atoms with Crippen LogP contribution in [0.5, 0.6) is 0 Å². The molecular formula is C31H27NSi2. The quantitative estimate of drug-likeness (QED) is 0.309. The molecule has 0 N–H and O–H groups in total. The van der Waals surface area contributed by atoms with Crippen LogP contribution in [0.2, 0.25) is 0 Å². The lowest BCUT2D eigenvalue weighted by atomic mass is 10.2. The molecule has 0 aliphatic carbocycles.